The Morgan fingerprint density at radius 2 is 1.75 bits per heavy atom. The summed E-state index contributed by atoms with van der Waals surface area (Å²) in [6, 6.07) is 5.51. The maximum Gasteiger partial charge on any atom is 0.225 e. The number of aromatic nitrogens is 2. The number of rotatable bonds is 3. The zero-order chi connectivity index (χ0) is 14.9. The van der Waals surface area contributed by atoms with Gasteiger partial charge in [0.1, 0.15) is 10.7 Å². The Labute approximate surface area is 117 Å². The highest BCUT2D eigenvalue weighted by Crippen LogP contribution is 2.26. The number of nitrogens with zero attached hydrogens (tertiary/aromatic N) is 3. The average Bonchev–Trinajstić information content (AvgIpc) is 2.37. The molecule has 1 aromatic carbocycles. The molecule has 0 radical (unpaired) electrons. The molecule has 5 nitrogen and oxygen atoms in total. The maximum atomic E-state index is 13.0. The fourth-order valence-electron chi connectivity index (χ4n) is 1.66. The second-order valence-electron chi connectivity index (χ2n) is 4.56. The van der Waals surface area contributed by atoms with E-state index in [1.54, 1.807) is 19.0 Å². The second-order valence-corrected chi connectivity index (χ2v) is 6.54. The molecule has 2 rings (SSSR count). The largest absolute Gasteiger partial charge is 0.347 e. The molecule has 0 unspecified atom stereocenters. The molecule has 0 atom stereocenters. The smallest absolute Gasteiger partial charge is 0.225 e. The average molecular weight is 295 g/mol. The van der Waals surface area contributed by atoms with Crippen molar-refractivity contribution in [1.82, 2.24) is 9.97 Å². The van der Waals surface area contributed by atoms with Gasteiger partial charge in [0.15, 0.2) is 9.84 Å². The SMILES string of the molecule is CN(C)c1ncc(S(C)(=O)=O)c(-c2ccc(F)cc2)n1. The van der Waals surface area contributed by atoms with Gasteiger partial charge in [0, 0.05) is 25.9 Å². The fourth-order valence-corrected chi connectivity index (χ4v) is 2.42. The third-order valence-electron chi connectivity index (χ3n) is 2.66. The lowest BCUT2D eigenvalue weighted by Crippen LogP contribution is -2.14. The maximum absolute atomic E-state index is 13.0. The highest BCUT2D eigenvalue weighted by Gasteiger charge is 2.18. The standard InChI is InChI=1S/C13H14FN3O2S/c1-17(2)13-15-8-11(20(3,18)19)12(16-13)9-4-6-10(14)7-5-9/h4-8H,1-3H3. The predicted molar refractivity (Wildman–Crippen MR) is 74.9 cm³/mol. The number of hydrogen-bond acceptors (Lipinski definition) is 5. The predicted octanol–water partition coefficient (Wildman–Crippen LogP) is 1.75. The number of anilines is 1. The van der Waals surface area contributed by atoms with E-state index in [-0.39, 0.29) is 10.6 Å². The Bertz CT molecular complexity index is 728. The van der Waals surface area contributed by atoms with Crippen LogP contribution in [0.3, 0.4) is 0 Å². The van der Waals surface area contributed by atoms with E-state index in [9.17, 15) is 12.8 Å². The van der Waals surface area contributed by atoms with Crippen molar-refractivity contribution in [3.8, 4) is 11.3 Å². The lowest BCUT2D eigenvalue weighted by atomic mass is 10.1. The molecule has 2 aromatic rings. The molecule has 0 aliphatic carbocycles. The van der Waals surface area contributed by atoms with Crippen molar-refractivity contribution < 1.29 is 12.8 Å². The van der Waals surface area contributed by atoms with Gasteiger partial charge in [-0.2, -0.15) is 0 Å². The molecule has 0 aliphatic heterocycles. The fraction of sp³-hybridized carbons (Fsp3) is 0.231. The molecule has 20 heavy (non-hydrogen) atoms. The summed E-state index contributed by atoms with van der Waals surface area (Å²) in [6.45, 7) is 0. The van der Waals surface area contributed by atoms with Crippen LogP contribution in [0.4, 0.5) is 10.3 Å². The summed E-state index contributed by atoms with van der Waals surface area (Å²) in [4.78, 5) is 9.95. The van der Waals surface area contributed by atoms with Crippen LogP contribution in [-0.2, 0) is 9.84 Å². The zero-order valence-corrected chi connectivity index (χ0v) is 12.1. The Morgan fingerprint density at radius 1 is 1.15 bits per heavy atom. The summed E-state index contributed by atoms with van der Waals surface area (Å²) in [6.07, 6.45) is 2.37. The van der Waals surface area contributed by atoms with E-state index < -0.39 is 15.7 Å². The summed E-state index contributed by atoms with van der Waals surface area (Å²) < 4.78 is 36.6. The van der Waals surface area contributed by atoms with E-state index in [4.69, 9.17) is 0 Å². The zero-order valence-electron chi connectivity index (χ0n) is 11.3. The van der Waals surface area contributed by atoms with Crippen LogP contribution in [-0.4, -0.2) is 38.7 Å². The third-order valence-corrected chi connectivity index (χ3v) is 3.76. The summed E-state index contributed by atoms with van der Waals surface area (Å²) in [5, 5.41) is 0. The van der Waals surface area contributed by atoms with Crippen LogP contribution in [0.15, 0.2) is 35.4 Å². The van der Waals surface area contributed by atoms with Crippen molar-refractivity contribution >= 4 is 15.8 Å². The quantitative estimate of drug-likeness (QED) is 0.863. The number of sulfone groups is 1. The van der Waals surface area contributed by atoms with Crippen molar-refractivity contribution in [1.29, 1.82) is 0 Å². The summed E-state index contributed by atoms with van der Waals surface area (Å²) in [5.74, 6) is -0.00623. The van der Waals surface area contributed by atoms with E-state index in [1.807, 2.05) is 0 Å². The first kappa shape index (κ1) is 14.4. The van der Waals surface area contributed by atoms with Gasteiger partial charge in [0.2, 0.25) is 5.95 Å². The minimum atomic E-state index is -3.47. The summed E-state index contributed by atoms with van der Waals surface area (Å²) in [7, 11) is 0.0363. The molecule has 0 fully saturated rings. The second kappa shape index (κ2) is 5.16. The normalized spacial score (nSPS) is 11.4. The van der Waals surface area contributed by atoms with Crippen LogP contribution in [0.2, 0.25) is 0 Å². The van der Waals surface area contributed by atoms with Gasteiger partial charge in [0.05, 0.1) is 11.9 Å². The van der Waals surface area contributed by atoms with Crippen molar-refractivity contribution in [3.63, 3.8) is 0 Å². The molecule has 106 valence electrons. The number of halogens is 1. The lowest BCUT2D eigenvalue weighted by Gasteiger charge is -2.13. The first-order chi connectivity index (χ1) is 9.29. The Morgan fingerprint density at radius 3 is 2.25 bits per heavy atom. The molecule has 0 bridgehead atoms. The molecule has 0 aliphatic rings. The molecule has 0 saturated carbocycles. The topological polar surface area (TPSA) is 63.2 Å². The van der Waals surface area contributed by atoms with Gasteiger partial charge in [-0.3, -0.25) is 0 Å². The van der Waals surface area contributed by atoms with Crippen LogP contribution in [0, 0.1) is 5.82 Å². The van der Waals surface area contributed by atoms with E-state index in [0.717, 1.165) is 6.26 Å². The van der Waals surface area contributed by atoms with Gasteiger partial charge in [-0.05, 0) is 24.3 Å². The van der Waals surface area contributed by atoms with Gasteiger partial charge in [-0.25, -0.2) is 22.8 Å². The first-order valence-electron chi connectivity index (χ1n) is 5.79. The molecular formula is C13H14FN3O2S. The highest BCUT2D eigenvalue weighted by atomic mass is 32.2. The minimum Gasteiger partial charge on any atom is -0.347 e. The van der Waals surface area contributed by atoms with E-state index in [1.165, 1.54) is 30.5 Å². The van der Waals surface area contributed by atoms with Crippen LogP contribution in [0.1, 0.15) is 0 Å². The molecule has 0 amide bonds. The van der Waals surface area contributed by atoms with Gasteiger partial charge in [-0.15, -0.1) is 0 Å². The minimum absolute atomic E-state index is 0.0229. The summed E-state index contributed by atoms with van der Waals surface area (Å²) >= 11 is 0. The molecule has 0 N–H and O–H groups in total. The van der Waals surface area contributed by atoms with Crippen LogP contribution < -0.4 is 4.90 Å². The first-order valence-corrected chi connectivity index (χ1v) is 7.68. The van der Waals surface area contributed by atoms with Crippen molar-refractivity contribution in [3.05, 3.63) is 36.3 Å². The molecule has 0 saturated heterocycles. The Balaban J connectivity index is 2.70. The van der Waals surface area contributed by atoms with E-state index in [2.05, 4.69) is 9.97 Å². The molecular weight excluding hydrogens is 281 g/mol. The lowest BCUT2D eigenvalue weighted by molar-refractivity contribution is 0.601. The van der Waals surface area contributed by atoms with Gasteiger partial charge < -0.3 is 4.90 Å². The Kier molecular flexibility index (Phi) is 3.71. The van der Waals surface area contributed by atoms with Gasteiger partial charge in [0.25, 0.3) is 0 Å². The van der Waals surface area contributed by atoms with Crippen LogP contribution >= 0.6 is 0 Å². The summed E-state index contributed by atoms with van der Waals surface area (Å²) in [5.41, 5.74) is 0.795. The molecule has 1 heterocycles. The van der Waals surface area contributed by atoms with Crippen molar-refractivity contribution in [2.75, 3.05) is 25.3 Å². The molecule has 1 aromatic heterocycles. The van der Waals surface area contributed by atoms with Crippen LogP contribution in [0.5, 0.6) is 0 Å². The van der Waals surface area contributed by atoms with Crippen LogP contribution in [0.25, 0.3) is 11.3 Å². The number of benzene rings is 1. The molecule has 0 spiro atoms. The highest BCUT2D eigenvalue weighted by molar-refractivity contribution is 7.90. The van der Waals surface area contributed by atoms with Crippen molar-refractivity contribution in [2.24, 2.45) is 0 Å². The molecule has 7 heteroatoms. The van der Waals surface area contributed by atoms with Gasteiger partial charge in [-0.1, -0.05) is 0 Å². The number of hydrogen-bond donors (Lipinski definition) is 0. The Hall–Kier alpha value is -2.02. The van der Waals surface area contributed by atoms with E-state index in [0.29, 0.717) is 11.5 Å². The van der Waals surface area contributed by atoms with E-state index >= 15 is 0 Å². The third kappa shape index (κ3) is 2.93. The van der Waals surface area contributed by atoms with Crippen molar-refractivity contribution in [2.45, 2.75) is 4.90 Å². The van der Waals surface area contributed by atoms with Gasteiger partial charge >= 0.3 is 0 Å². The monoisotopic (exact) mass is 295 g/mol.